The molecule has 2 amide bonds. The average molecular weight is 597 g/mol. The summed E-state index contributed by atoms with van der Waals surface area (Å²) in [6.07, 6.45) is 0. The number of carbonyl (C=O) groups is 2. The molecule has 1 aliphatic rings. The Morgan fingerprint density at radius 1 is 1.07 bits per heavy atom. The van der Waals surface area contributed by atoms with Gasteiger partial charge in [0.25, 0.3) is 11.8 Å². The number of hydrogen-bond acceptors (Lipinski definition) is 8. The molecule has 1 aromatic heterocycles. The highest BCUT2D eigenvalue weighted by molar-refractivity contribution is 5.87. The van der Waals surface area contributed by atoms with E-state index < -0.39 is 0 Å². The van der Waals surface area contributed by atoms with Gasteiger partial charge in [-0.3, -0.25) is 14.6 Å². The Labute approximate surface area is 246 Å². The van der Waals surface area contributed by atoms with Crippen molar-refractivity contribution in [2.45, 2.75) is 33.9 Å². The summed E-state index contributed by atoms with van der Waals surface area (Å²) in [6, 6.07) is 10.4. The number of benzene rings is 2. The van der Waals surface area contributed by atoms with Crippen molar-refractivity contribution in [2.75, 3.05) is 45.1 Å². The highest BCUT2D eigenvalue weighted by atomic mass is 35.5. The smallest absolute Gasteiger partial charge is 0.257 e. The van der Waals surface area contributed by atoms with Crippen LogP contribution in [0.4, 0.5) is 10.1 Å². The molecule has 0 radical (unpaired) electrons. The second-order valence-corrected chi connectivity index (χ2v) is 9.35. The van der Waals surface area contributed by atoms with Crippen molar-refractivity contribution in [3.05, 3.63) is 64.7 Å². The van der Waals surface area contributed by atoms with Gasteiger partial charge in [0.15, 0.2) is 5.82 Å². The van der Waals surface area contributed by atoms with Crippen LogP contribution in [0.3, 0.4) is 0 Å². The van der Waals surface area contributed by atoms with Crippen LogP contribution >= 0.6 is 24.8 Å². The van der Waals surface area contributed by atoms with Crippen molar-refractivity contribution in [3.8, 4) is 11.5 Å². The number of anilines is 1. The molecule has 0 bridgehead atoms. The maximum absolute atomic E-state index is 13.6. The van der Waals surface area contributed by atoms with E-state index in [4.69, 9.17) is 4.52 Å². The summed E-state index contributed by atoms with van der Waals surface area (Å²) in [6.45, 7) is 8.31. The fourth-order valence-electron chi connectivity index (χ4n) is 4.31. The van der Waals surface area contributed by atoms with E-state index in [0.29, 0.717) is 37.9 Å². The summed E-state index contributed by atoms with van der Waals surface area (Å²) in [4.78, 5) is 32.2. The number of nitrogens with zero attached hydrogens (tertiary/aromatic N) is 5. The van der Waals surface area contributed by atoms with Gasteiger partial charge in [0.2, 0.25) is 5.91 Å². The Morgan fingerprint density at radius 2 is 1.82 bits per heavy atom. The van der Waals surface area contributed by atoms with Crippen LogP contribution in [0.5, 0.6) is 0 Å². The molecule has 0 atom stereocenters. The van der Waals surface area contributed by atoms with Crippen LogP contribution in [0.15, 0.2) is 40.9 Å². The summed E-state index contributed by atoms with van der Waals surface area (Å²) >= 11 is 0. The largest absolute Gasteiger partial charge is 0.376 e. The molecule has 2 aromatic carbocycles. The Kier molecular flexibility index (Phi) is 12.3. The van der Waals surface area contributed by atoms with Crippen molar-refractivity contribution >= 4 is 42.3 Å². The molecule has 4 rings (SSSR count). The van der Waals surface area contributed by atoms with Gasteiger partial charge in [0, 0.05) is 44.5 Å². The molecule has 3 aromatic rings. The molecule has 1 aliphatic heterocycles. The summed E-state index contributed by atoms with van der Waals surface area (Å²) in [5, 5.41) is 13.6. The fourth-order valence-corrected chi connectivity index (χ4v) is 4.31. The van der Waals surface area contributed by atoms with Crippen LogP contribution in [0.25, 0.3) is 11.5 Å². The van der Waals surface area contributed by atoms with Crippen LogP contribution in [-0.4, -0.2) is 76.6 Å². The third-order valence-corrected chi connectivity index (χ3v) is 6.59. The number of likely N-dealkylation sites (N-methyl/N-ethyl adjacent to an activating group) is 2. The number of carbonyl (C=O) groups excluding carboxylic acids is 2. The lowest BCUT2D eigenvalue weighted by Gasteiger charge is -2.31. The Bertz CT molecular complexity index is 1310. The van der Waals surface area contributed by atoms with Gasteiger partial charge in [0.1, 0.15) is 12.4 Å². The monoisotopic (exact) mass is 595 g/mol. The number of amides is 2. The zero-order valence-electron chi connectivity index (χ0n) is 23.1. The molecule has 2 N–H and O–H groups in total. The van der Waals surface area contributed by atoms with Crippen LogP contribution in [0, 0.1) is 19.7 Å². The van der Waals surface area contributed by atoms with Gasteiger partial charge in [-0.2, -0.15) is 4.98 Å². The summed E-state index contributed by atoms with van der Waals surface area (Å²) < 4.78 is 18.9. The van der Waals surface area contributed by atoms with Gasteiger partial charge in [-0.15, -0.1) is 24.8 Å². The predicted molar refractivity (Wildman–Crippen MR) is 156 cm³/mol. The van der Waals surface area contributed by atoms with Gasteiger partial charge < -0.3 is 20.1 Å². The van der Waals surface area contributed by atoms with Gasteiger partial charge >= 0.3 is 0 Å². The molecule has 0 unspecified atom stereocenters. The minimum atomic E-state index is -0.291. The quantitative estimate of drug-likeness (QED) is 0.324. The van der Waals surface area contributed by atoms with E-state index in [2.05, 4.69) is 20.8 Å². The number of rotatable bonds is 11. The third kappa shape index (κ3) is 8.14. The van der Waals surface area contributed by atoms with E-state index in [1.807, 2.05) is 37.1 Å². The first-order chi connectivity index (χ1) is 18.2. The lowest BCUT2D eigenvalue weighted by Crippen LogP contribution is -2.49. The number of fused-ring (bicyclic) bond motifs is 1. The minimum Gasteiger partial charge on any atom is -0.376 e. The van der Waals surface area contributed by atoms with Crippen LogP contribution in [-0.2, 0) is 22.7 Å². The normalized spacial score (nSPS) is 12.2. The van der Waals surface area contributed by atoms with E-state index >= 15 is 0 Å². The van der Waals surface area contributed by atoms with E-state index in [-0.39, 0.29) is 55.5 Å². The Balaban J connectivity index is 0.00000280. The Hall–Kier alpha value is -3.25. The summed E-state index contributed by atoms with van der Waals surface area (Å²) in [5.74, 6) is 0.244. The standard InChI is InChI=1S/C27H34FN7O3.2ClH/c1-5-29-10-11-34(17-26(37)33(4)35-15-21-8-9-23(28)12-22(21)16-35)25(36)14-30-24-13-20(7-6-18(24)2)27-31-19(3)32-38-27;;/h6-9,12-13,29-30H,5,10-11,14-17H2,1-4H3;2*1H. The summed E-state index contributed by atoms with van der Waals surface area (Å²) in [7, 11) is 1.68. The third-order valence-electron chi connectivity index (χ3n) is 6.59. The van der Waals surface area contributed by atoms with Crippen molar-refractivity contribution in [1.82, 2.24) is 30.4 Å². The van der Waals surface area contributed by atoms with E-state index in [1.165, 1.54) is 17.1 Å². The van der Waals surface area contributed by atoms with Crippen LogP contribution in [0.2, 0.25) is 0 Å². The average Bonchev–Trinajstić information content (AvgIpc) is 3.52. The molecule has 218 valence electrons. The minimum absolute atomic E-state index is 0. The molecule has 0 spiro atoms. The molecule has 0 fully saturated rings. The molecule has 0 aliphatic carbocycles. The first kappa shape index (κ1) is 33.0. The molecule has 0 saturated carbocycles. The zero-order valence-corrected chi connectivity index (χ0v) is 24.7. The number of hydrazine groups is 1. The number of aryl methyl sites for hydroxylation is 2. The molecule has 0 saturated heterocycles. The number of aromatic nitrogens is 2. The second kappa shape index (κ2) is 14.9. The first-order valence-corrected chi connectivity index (χ1v) is 12.7. The molecule has 2 heterocycles. The maximum Gasteiger partial charge on any atom is 0.257 e. The lowest BCUT2D eigenvalue weighted by atomic mass is 10.1. The van der Waals surface area contributed by atoms with E-state index in [9.17, 15) is 14.0 Å². The maximum atomic E-state index is 13.6. The zero-order chi connectivity index (χ0) is 27.2. The topological polar surface area (TPSA) is 107 Å². The van der Waals surface area contributed by atoms with Crippen LogP contribution < -0.4 is 10.6 Å². The van der Waals surface area contributed by atoms with Crippen LogP contribution in [0.1, 0.15) is 29.4 Å². The predicted octanol–water partition coefficient (Wildman–Crippen LogP) is 3.58. The van der Waals surface area contributed by atoms with Gasteiger partial charge in [0.05, 0.1) is 6.54 Å². The van der Waals surface area contributed by atoms with Gasteiger partial charge in [-0.25, -0.2) is 9.40 Å². The Morgan fingerprint density at radius 3 is 2.52 bits per heavy atom. The molecule has 40 heavy (non-hydrogen) atoms. The van der Waals surface area contributed by atoms with Gasteiger partial charge in [-0.1, -0.05) is 24.2 Å². The SMILES string of the molecule is CCNCCN(CC(=O)N(C)N1Cc2ccc(F)cc2C1)C(=O)CNc1cc(-c2nc(C)no2)ccc1C.Cl.Cl. The molecule has 13 heteroatoms. The molecular formula is C27H36Cl2FN7O3. The van der Waals surface area contributed by atoms with Gasteiger partial charge in [-0.05, 0) is 61.3 Å². The van der Waals surface area contributed by atoms with Crippen molar-refractivity contribution in [2.24, 2.45) is 0 Å². The first-order valence-electron chi connectivity index (χ1n) is 12.7. The highest BCUT2D eigenvalue weighted by Gasteiger charge is 2.27. The second-order valence-electron chi connectivity index (χ2n) is 9.35. The van der Waals surface area contributed by atoms with Crippen molar-refractivity contribution in [1.29, 1.82) is 0 Å². The summed E-state index contributed by atoms with van der Waals surface area (Å²) in [5.41, 5.74) is 4.32. The molecular weight excluding hydrogens is 560 g/mol. The van der Waals surface area contributed by atoms with E-state index in [1.54, 1.807) is 24.9 Å². The fraction of sp³-hybridized carbons (Fsp3) is 0.407. The number of halogens is 3. The highest BCUT2D eigenvalue weighted by Crippen LogP contribution is 2.25. The number of hydrogen-bond donors (Lipinski definition) is 2. The van der Waals surface area contributed by atoms with E-state index in [0.717, 1.165) is 34.5 Å². The van der Waals surface area contributed by atoms with Crippen molar-refractivity contribution in [3.63, 3.8) is 0 Å². The molecule has 10 nitrogen and oxygen atoms in total. The number of nitrogens with one attached hydrogen (secondary N) is 2. The lowest BCUT2D eigenvalue weighted by molar-refractivity contribution is -0.151. The van der Waals surface area contributed by atoms with Crippen molar-refractivity contribution < 1.29 is 18.5 Å².